The molecule has 3 nitrogen and oxygen atoms in total. The van der Waals surface area contributed by atoms with Gasteiger partial charge in [-0.3, -0.25) is 0 Å². The van der Waals surface area contributed by atoms with E-state index in [4.69, 9.17) is 0 Å². The van der Waals surface area contributed by atoms with Crippen LogP contribution >= 0.6 is 0 Å². The fraction of sp³-hybridized carbons (Fsp3) is 0.857. The minimum absolute atomic E-state index is 0.0832. The molecule has 0 aliphatic heterocycles. The Bertz CT molecular complexity index is 726. The Kier molecular flexibility index (Phi) is 6.29. The molecule has 0 bridgehead atoms. The van der Waals surface area contributed by atoms with Crippen LogP contribution in [0.3, 0.4) is 0 Å². The highest BCUT2D eigenvalue weighted by atomic mass is 16.3. The van der Waals surface area contributed by atoms with Crippen LogP contribution in [-0.2, 0) is 0 Å². The fourth-order valence-corrected chi connectivity index (χ4v) is 8.33. The Labute approximate surface area is 190 Å². The Hall–Kier alpha value is -0.640. The summed E-state index contributed by atoms with van der Waals surface area (Å²) < 4.78 is 0. The first kappa shape index (κ1) is 23.5. The molecular formula is C28H46O3. The highest BCUT2D eigenvalue weighted by Gasteiger charge is 2.63. The van der Waals surface area contributed by atoms with Gasteiger partial charge in [-0.25, -0.2) is 0 Å². The molecular weight excluding hydrogens is 384 g/mol. The highest BCUT2D eigenvalue weighted by Crippen LogP contribution is 2.67. The Morgan fingerprint density at radius 2 is 1.61 bits per heavy atom. The van der Waals surface area contributed by atoms with Gasteiger partial charge in [-0.1, -0.05) is 59.8 Å². The molecule has 3 fully saturated rings. The molecule has 4 aliphatic rings. The maximum atomic E-state index is 11.3. The van der Waals surface area contributed by atoms with Crippen LogP contribution in [0.15, 0.2) is 23.8 Å². The van der Waals surface area contributed by atoms with Gasteiger partial charge in [-0.05, 0) is 96.4 Å². The lowest BCUT2D eigenvalue weighted by atomic mass is 9.45. The summed E-state index contributed by atoms with van der Waals surface area (Å²) in [5.41, 5.74) is 1.07. The first-order valence-electron chi connectivity index (χ1n) is 13.0. The van der Waals surface area contributed by atoms with E-state index < -0.39 is 18.3 Å². The van der Waals surface area contributed by atoms with Gasteiger partial charge in [-0.2, -0.15) is 0 Å². The summed E-state index contributed by atoms with van der Waals surface area (Å²) in [6, 6.07) is 0. The quantitative estimate of drug-likeness (QED) is 0.527. The molecule has 11 unspecified atom stereocenters. The van der Waals surface area contributed by atoms with E-state index in [0.717, 1.165) is 24.8 Å². The molecule has 4 rings (SSSR count). The second-order valence-electron chi connectivity index (χ2n) is 12.4. The summed E-state index contributed by atoms with van der Waals surface area (Å²) in [5.74, 6) is 3.53. The molecule has 0 aromatic carbocycles. The van der Waals surface area contributed by atoms with Crippen molar-refractivity contribution in [2.45, 2.75) is 98.4 Å². The summed E-state index contributed by atoms with van der Waals surface area (Å²) in [7, 11) is 0. The second kappa shape index (κ2) is 8.29. The first-order valence-corrected chi connectivity index (χ1v) is 13.0. The zero-order valence-electron chi connectivity index (χ0n) is 20.6. The predicted molar refractivity (Wildman–Crippen MR) is 126 cm³/mol. The average molecular weight is 431 g/mol. The van der Waals surface area contributed by atoms with E-state index in [9.17, 15) is 15.3 Å². The van der Waals surface area contributed by atoms with Crippen molar-refractivity contribution in [1.29, 1.82) is 0 Å². The van der Waals surface area contributed by atoms with Crippen LogP contribution in [0.4, 0.5) is 0 Å². The van der Waals surface area contributed by atoms with E-state index in [1.807, 2.05) is 6.08 Å². The number of aliphatic hydroxyl groups excluding tert-OH is 3. The van der Waals surface area contributed by atoms with Crippen LogP contribution in [0.2, 0.25) is 0 Å². The molecule has 0 aromatic rings. The monoisotopic (exact) mass is 430 g/mol. The molecule has 3 heteroatoms. The summed E-state index contributed by atoms with van der Waals surface area (Å²) >= 11 is 0. The van der Waals surface area contributed by atoms with Gasteiger partial charge in [0, 0.05) is 0 Å². The normalized spacial score (nSPS) is 49.4. The van der Waals surface area contributed by atoms with Gasteiger partial charge in [0.25, 0.3) is 0 Å². The second-order valence-corrected chi connectivity index (χ2v) is 12.4. The summed E-state index contributed by atoms with van der Waals surface area (Å²) in [6.45, 7) is 14.1. The third kappa shape index (κ3) is 3.67. The molecule has 0 amide bonds. The van der Waals surface area contributed by atoms with E-state index in [2.05, 4.69) is 53.7 Å². The van der Waals surface area contributed by atoms with Gasteiger partial charge in [0.1, 0.15) is 6.10 Å². The lowest BCUT2D eigenvalue weighted by molar-refractivity contribution is -0.151. The topological polar surface area (TPSA) is 60.7 Å². The van der Waals surface area contributed by atoms with Crippen LogP contribution < -0.4 is 0 Å². The van der Waals surface area contributed by atoms with Crippen molar-refractivity contribution < 1.29 is 15.3 Å². The van der Waals surface area contributed by atoms with Crippen LogP contribution in [-0.4, -0.2) is 33.6 Å². The van der Waals surface area contributed by atoms with E-state index in [-0.39, 0.29) is 16.7 Å². The SMILES string of the molecule is CC(C)C(C)C=CC(C)C1CCC2C3C(O)C(O)C4=CC(O)CCC4(C)C3CCC12C. The Morgan fingerprint density at radius 1 is 0.903 bits per heavy atom. The van der Waals surface area contributed by atoms with E-state index in [1.165, 1.54) is 19.3 Å². The summed E-state index contributed by atoms with van der Waals surface area (Å²) in [6.07, 6.45) is 11.2. The van der Waals surface area contributed by atoms with Gasteiger partial charge in [0.05, 0.1) is 12.2 Å². The van der Waals surface area contributed by atoms with E-state index in [1.54, 1.807) is 0 Å². The lowest BCUT2D eigenvalue weighted by Crippen LogP contribution is -2.60. The summed E-state index contributed by atoms with van der Waals surface area (Å²) in [4.78, 5) is 0. The highest BCUT2D eigenvalue weighted by molar-refractivity contribution is 5.31. The smallest absolute Gasteiger partial charge is 0.102 e. The largest absolute Gasteiger partial charge is 0.390 e. The number of rotatable bonds is 4. The summed E-state index contributed by atoms with van der Waals surface area (Å²) in [5, 5.41) is 32.7. The van der Waals surface area contributed by atoms with Gasteiger partial charge in [-0.15, -0.1) is 0 Å². The molecule has 0 aromatic heterocycles. The third-order valence-corrected chi connectivity index (χ3v) is 10.7. The Morgan fingerprint density at radius 3 is 2.29 bits per heavy atom. The molecule has 0 heterocycles. The van der Waals surface area contributed by atoms with E-state index >= 15 is 0 Å². The molecule has 0 spiro atoms. The van der Waals surface area contributed by atoms with E-state index in [0.29, 0.717) is 35.5 Å². The number of fused-ring (bicyclic) bond motifs is 5. The third-order valence-electron chi connectivity index (χ3n) is 10.7. The fourth-order valence-electron chi connectivity index (χ4n) is 8.33. The molecule has 3 N–H and O–H groups in total. The van der Waals surface area contributed by atoms with Crippen molar-refractivity contribution in [1.82, 2.24) is 0 Å². The van der Waals surface area contributed by atoms with Crippen molar-refractivity contribution in [2.75, 3.05) is 0 Å². The number of hydrogen-bond donors (Lipinski definition) is 3. The lowest BCUT2D eigenvalue weighted by Gasteiger charge is -2.61. The minimum Gasteiger partial charge on any atom is -0.390 e. The molecule has 0 radical (unpaired) electrons. The van der Waals surface area contributed by atoms with Crippen molar-refractivity contribution in [3.8, 4) is 0 Å². The molecule has 4 aliphatic carbocycles. The van der Waals surface area contributed by atoms with Crippen LogP contribution in [0.5, 0.6) is 0 Å². The maximum Gasteiger partial charge on any atom is 0.102 e. The number of allylic oxidation sites excluding steroid dienone is 2. The van der Waals surface area contributed by atoms with Crippen LogP contribution in [0, 0.1) is 52.3 Å². The number of aliphatic hydroxyl groups is 3. The Balaban J connectivity index is 1.60. The minimum atomic E-state index is -0.827. The van der Waals surface area contributed by atoms with Gasteiger partial charge >= 0.3 is 0 Å². The van der Waals surface area contributed by atoms with Gasteiger partial charge < -0.3 is 15.3 Å². The standard InChI is InChI=1S/C28H46O3/c1-16(2)17(3)7-8-18(4)20-9-10-21-24-22(12-14-27(20,21)5)28(6)13-11-19(29)15-23(28)25(30)26(24)31/h7-8,15-22,24-26,29-31H,9-14H2,1-6H3. The molecule has 0 saturated heterocycles. The van der Waals surface area contributed by atoms with Crippen LogP contribution in [0.25, 0.3) is 0 Å². The van der Waals surface area contributed by atoms with Crippen molar-refractivity contribution >= 4 is 0 Å². The van der Waals surface area contributed by atoms with Crippen molar-refractivity contribution in [3.63, 3.8) is 0 Å². The zero-order valence-corrected chi connectivity index (χ0v) is 20.6. The molecule has 3 saturated carbocycles. The van der Waals surface area contributed by atoms with Crippen molar-refractivity contribution in [3.05, 3.63) is 23.8 Å². The van der Waals surface area contributed by atoms with Gasteiger partial charge in [0.2, 0.25) is 0 Å². The maximum absolute atomic E-state index is 11.3. The number of hydrogen-bond acceptors (Lipinski definition) is 3. The predicted octanol–water partition coefficient (Wildman–Crippen LogP) is 5.35. The van der Waals surface area contributed by atoms with Crippen molar-refractivity contribution in [2.24, 2.45) is 52.3 Å². The molecule has 31 heavy (non-hydrogen) atoms. The van der Waals surface area contributed by atoms with Crippen LogP contribution in [0.1, 0.15) is 80.1 Å². The zero-order chi connectivity index (χ0) is 22.7. The molecule has 11 atom stereocenters. The average Bonchev–Trinajstić information content (AvgIpc) is 3.08. The van der Waals surface area contributed by atoms with Gasteiger partial charge in [0.15, 0.2) is 0 Å². The first-order chi connectivity index (χ1) is 14.5. The molecule has 176 valence electrons.